The number of carbonyl (C=O) groups excluding carboxylic acids is 1. The van der Waals surface area contributed by atoms with Crippen LogP contribution in [0.1, 0.15) is 41.8 Å². The number of likely N-dealkylation sites (tertiary alicyclic amines) is 2. The molecule has 0 bridgehead atoms. The molecule has 1 aromatic carbocycles. The standard InChI is InChI=1S/C21H27N5OS/c1-25-10-16-11-26(12-17(16)19(25)14-6-3-2-4-7-14)13-18(27)22-21-24-23-20(28-21)15-8-5-9-15/h2-4,6-7,15-17,19H,5,8-13H2,1H3,(H,22,24,27)/t16-,17+,19-/m0/s1. The maximum atomic E-state index is 12.5. The Labute approximate surface area is 169 Å². The molecule has 148 valence electrons. The zero-order chi connectivity index (χ0) is 19.1. The molecule has 3 heterocycles. The van der Waals surface area contributed by atoms with Crippen molar-refractivity contribution in [2.24, 2.45) is 11.8 Å². The van der Waals surface area contributed by atoms with Crippen molar-refractivity contribution < 1.29 is 4.79 Å². The van der Waals surface area contributed by atoms with Crippen LogP contribution in [0.4, 0.5) is 5.13 Å². The smallest absolute Gasteiger partial charge is 0.240 e. The molecule has 2 aliphatic heterocycles. The quantitative estimate of drug-likeness (QED) is 0.840. The fourth-order valence-electron chi connectivity index (χ4n) is 5.10. The van der Waals surface area contributed by atoms with Crippen LogP contribution in [0.2, 0.25) is 0 Å². The summed E-state index contributed by atoms with van der Waals surface area (Å²) in [6, 6.07) is 11.2. The minimum atomic E-state index is 0.0286. The third-order valence-electron chi connectivity index (χ3n) is 6.62. The van der Waals surface area contributed by atoms with E-state index in [-0.39, 0.29) is 5.91 Å². The molecule has 3 aliphatic rings. The number of nitrogens with one attached hydrogen (secondary N) is 1. The second kappa shape index (κ2) is 7.54. The Morgan fingerprint density at radius 3 is 2.75 bits per heavy atom. The van der Waals surface area contributed by atoms with Gasteiger partial charge in [0.2, 0.25) is 11.0 Å². The Balaban J connectivity index is 1.18. The summed E-state index contributed by atoms with van der Waals surface area (Å²) in [5.74, 6) is 1.82. The average Bonchev–Trinajstić information content (AvgIpc) is 3.29. The number of amides is 1. The van der Waals surface area contributed by atoms with Gasteiger partial charge in [-0.05, 0) is 37.3 Å². The van der Waals surface area contributed by atoms with Crippen LogP contribution in [0, 0.1) is 11.8 Å². The number of carbonyl (C=O) groups is 1. The molecule has 2 aromatic rings. The van der Waals surface area contributed by atoms with Crippen molar-refractivity contribution >= 4 is 22.4 Å². The number of hydrogen-bond acceptors (Lipinski definition) is 6. The van der Waals surface area contributed by atoms with Crippen LogP contribution in [0.5, 0.6) is 0 Å². The van der Waals surface area contributed by atoms with Crippen molar-refractivity contribution in [3.05, 3.63) is 40.9 Å². The number of benzene rings is 1. The topological polar surface area (TPSA) is 61.4 Å². The molecule has 6 nitrogen and oxygen atoms in total. The van der Waals surface area contributed by atoms with Crippen LogP contribution in [0.3, 0.4) is 0 Å². The molecule has 0 radical (unpaired) electrons. The number of rotatable bonds is 5. The summed E-state index contributed by atoms with van der Waals surface area (Å²) in [5.41, 5.74) is 1.39. The summed E-state index contributed by atoms with van der Waals surface area (Å²) in [6.45, 7) is 3.51. The Kier molecular flexibility index (Phi) is 4.90. The Hall–Kier alpha value is -1.83. The maximum Gasteiger partial charge on any atom is 0.240 e. The summed E-state index contributed by atoms with van der Waals surface area (Å²) < 4.78 is 0. The summed E-state index contributed by atoms with van der Waals surface area (Å²) in [6.07, 6.45) is 3.69. The predicted octanol–water partition coefficient (Wildman–Crippen LogP) is 2.98. The van der Waals surface area contributed by atoms with Gasteiger partial charge < -0.3 is 0 Å². The fourth-order valence-corrected chi connectivity index (χ4v) is 6.03. The van der Waals surface area contributed by atoms with Crippen molar-refractivity contribution in [2.45, 2.75) is 31.2 Å². The van der Waals surface area contributed by atoms with Gasteiger partial charge in [0.25, 0.3) is 0 Å². The van der Waals surface area contributed by atoms with Crippen molar-refractivity contribution in [1.29, 1.82) is 0 Å². The Morgan fingerprint density at radius 1 is 1.18 bits per heavy atom. The molecule has 1 saturated carbocycles. The SMILES string of the molecule is CN1C[C@H]2CN(CC(=O)Nc3nnc(C4CCC4)s3)C[C@H]2[C@@H]1c1ccccc1. The van der Waals surface area contributed by atoms with Gasteiger partial charge in [0.15, 0.2) is 0 Å². The highest BCUT2D eigenvalue weighted by molar-refractivity contribution is 7.15. The highest BCUT2D eigenvalue weighted by Gasteiger charge is 2.46. The van der Waals surface area contributed by atoms with E-state index in [0.717, 1.165) is 24.6 Å². The van der Waals surface area contributed by atoms with Crippen LogP contribution in [0.25, 0.3) is 0 Å². The highest BCUT2D eigenvalue weighted by atomic mass is 32.1. The normalized spacial score (nSPS) is 28.2. The molecule has 1 amide bonds. The lowest BCUT2D eigenvalue weighted by Gasteiger charge is -2.26. The summed E-state index contributed by atoms with van der Waals surface area (Å²) >= 11 is 1.54. The number of fused-ring (bicyclic) bond motifs is 1. The second-order valence-corrected chi connectivity index (χ2v) is 9.54. The fraction of sp³-hybridized carbons (Fsp3) is 0.571. The van der Waals surface area contributed by atoms with Gasteiger partial charge in [-0.1, -0.05) is 48.1 Å². The minimum Gasteiger partial charge on any atom is -0.299 e. The number of hydrogen-bond donors (Lipinski definition) is 1. The maximum absolute atomic E-state index is 12.5. The van der Waals surface area contributed by atoms with Gasteiger partial charge in [-0.3, -0.25) is 19.9 Å². The molecule has 1 aromatic heterocycles. The monoisotopic (exact) mass is 397 g/mol. The number of aromatic nitrogens is 2. The molecule has 5 rings (SSSR count). The van der Waals surface area contributed by atoms with E-state index in [4.69, 9.17) is 0 Å². The second-order valence-electron chi connectivity index (χ2n) is 8.53. The average molecular weight is 398 g/mol. The van der Waals surface area contributed by atoms with Gasteiger partial charge in [0, 0.05) is 31.6 Å². The van der Waals surface area contributed by atoms with Gasteiger partial charge in [0.05, 0.1) is 6.54 Å². The lowest BCUT2D eigenvalue weighted by Crippen LogP contribution is -2.34. The van der Waals surface area contributed by atoms with Crippen molar-refractivity contribution in [3.8, 4) is 0 Å². The van der Waals surface area contributed by atoms with E-state index in [0.29, 0.717) is 35.5 Å². The van der Waals surface area contributed by atoms with Gasteiger partial charge in [0.1, 0.15) is 5.01 Å². The molecular weight excluding hydrogens is 370 g/mol. The zero-order valence-corrected chi connectivity index (χ0v) is 17.1. The first-order chi connectivity index (χ1) is 13.7. The summed E-state index contributed by atoms with van der Waals surface area (Å²) in [5, 5.41) is 13.1. The van der Waals surface area contributed by atoms with Gasteiger partial charge in [-0.2, -0.15) is 0 Å². The first-order valence-corrected chi connectivity index (χ1v) is 11.1. The van der Waals surface area contributed by atoms with E-state index in [9.17, 15) is 4.79 Å². The molecule has 0 spiro atoms. The zero-order valence-electron chi connectivity index (χ0n) is 16.3. The van der Waals surface area contributed by atoms with E-state index in [1.807, 2.05) is 0 Å². The molecule has 1 aliphatic carbocycles. The van der Waals surface area contributed by atoms with Gasteiger partial charge in [-0.25, -0.2) is 0 Å². The van der Waals surface area contributed by atoms with E-state index in [2.05, 4.69) is 62.7 Å². The molecule has 1 N–H and O–H groups in total. The van der Waals surface area contributed by atoms with Crippen LogP contribution < -0.4 is 5.32 Å². The third kappa shape index (κ3) is 3.47. The Bertz CT molecular complexity index is 836. The van der Waals surface area contributed by atoms with Gasteiger partial charge in [-0.15, -0.1) is 10.2 Å². The molecule has 3 fully saturated rings. The summed E-state index contributed by atoms with van der Waals surface area (Å²) in [4.78, 5) is 17.3. The molecule has 3 atom stereocenters. The van der Waals surface area contributed by atoms with E-state index in [1.165, 1.54) is 36.2 Å². The molecular formula is C21H27N5OS. The lowest BCUT2D eigenvalue weighted by atomic mass is 9.86. The van der Waals surface area contributed by atoms with Crippen LogP contribution >= 0.6 is 11.3 Å². The van der Waals surface area contributed by atoms with Crippen LogP contribution in [-0.2, 0) is 4.79 Å². The van der Waals surface area contributed by atoms with E-state index < -0.39 is 0 Å². The van der Waals surface area contributed by atoms with Crippen LogP contribution in [0.15, 0.2) is 30.3 Å². The number of anilines is 1. The van der Waals surface area contributed by atoms with Crippen molar-refractivity contribution in [2.75, 3.05) is 38.5 Å². The van der Waals surface area contributed by atoms with Crippen molar-refractivity contribution in [3.63, 3.8) is 0 Å². The molecule has 2 saturated heterocycles. The largest absolute Gasteiger partial charge is 0.299 e. The Morgan fingerprint density at radius 2 is 2.00 bits per heavy atom. The number of nitrogens with zero attached hydrogens (tertiary/aromatic N) is 4. The molecule has 28 heavy (non-hydrogen) atoms. The highest BCUT2D eigenvalue weighted by Crippen LogP contribution is 2.44. The third-order valence-corrected chi connectivity index (χ3v) is 7.62. The molecule has 7 heteroatoms. The van der Waals surface area contributed by atoms with Crippen LogP contribution in [-0.4, -0.2) is 59.1 Å². The molecule has 0 unspecified atom stereocenters. The first kappa shape index (κ1) is 18.2. The minimum absolute atomic E-state index is 0.0286. The van der Waals surface area contributed by atoms with Crippen molar-refractivity contribution in [1.82, 2.24) is 20.0 Å². The first-order valence-electron chi connectivity index (χ1n) is 10.3. The van der Waals surface area contributed by atoms with E-state index >= 15 is 0 Å². The summed E-state index contributed by atoms with van der Waals surface area (Å²) in [7, 11) is 2.22. The van der Waals surface area contributed by atoms with Gasteiger partial charge >= 0.3 is 0 Å². The predicted molar refractivity (Wildman–Crippen MR) is 110 cm³/mol. The van der Waals surface area contributed by atoms with E-state index in [1.54, 1.807) is 0 Å². The lowest BCUT2D eigenvalue weighted by molar-refractivity contribution is -0.117.